The third-order valence-electron chi connectivity index (χ3n) is 1.59. The van der Waals surface area contributed by atoms with Gasteiger partial charge in [-0.15, -0.1) is 0 Å². The fourth-order valence-corrected chi connectivity index (χ4v) is 1.71. The molecule has 1 nitrogen and oxygen atoms in total. The van der Waals surface area contributed by atoms with Crippen LogP contribution in [0, 0.1) is 11.3 Å². The second-order valence-electron chi connectivity index (χ2n) is 2.69. The first kappa shape index (κ1) is 8.03. The van der Waals surface area contributed by atoms with Crippen LogP contribution in [0.5, 0.6) is 0 Å². The molecule has 0 saturated heterocycles. The molecule has 0 aliphatic heterocycles. The maximum Gasteiger partial charge on any atom is 0.0991 e. The molecular weight excluding hydrogens is 150 g/mol. The van der Waals surface area contributed by atoms with Gasteiger partial charge in [0.25, 0.3) is 0 Å². The number of hydrogen-bond acceptors (Lipinski definition) is 1. The minimum Gasteiger partial charge on any atom is -0.192 e. The molecule has 0 heterocycles. The molecule has 0 amide bonds. The van der Waals surface area contributed by atoms with Crippen LogP contribution in [-0.2, 0) is 0 Å². The molecule has 0 bridgehead atoms. The van der Waals surface area contributed by atoms with Crippen LogP contribution in [0.4, 0.5) is 0 Å². The number of hydrogen-bond donors (Lipinski definition) is 0. The van der Waals surface area contributed by atoms with Crippen molar-refractivity contribution in [3.8, 4) is 6.07 Å². The lowest BCUT2D eigenvalue weighted by atomic mass is 10.2. The van der Waals surface area contributed by atoms with Gasteiger partial charge in [-0.2, -0.15) is 5.26 Å². The second-order valence-corrected chi connectivity index (χ2v) is 5.27. The summed E-state index contributed by atoms with van der Waals surface area (Å²) in [7, 11) is -0.346. The van der Waals surface area contributed by atoms with Gasteiger partial charge in [0.05, 0.1) is 20.4 Å². The van der Waals surface area contributed by atoms with Crippen molar-refractivity contribution >= 4 is 14.0 Å². The van der Waals surface area contributed by atoms with E-state index in [0.29, 0.717) is 0 Å². The van der Waals surface area contributed by atoms with Gasteiger partial charge in [0.1, 0.15) is 0 Å². The Balaban J connectivity index is 2.94. The molecule has 0 spiro atoms. The molecule has 0 aliphatic rings. The van der Waals surface area contributed by atoms with E-state index in [9.17, 15) is 0 Å². The molecule has 11 heavy (non-hydrogen) atoms. The van der Waals surface area contributed by atoms with E-state index < -0.39 is 0 Å². The highest BCUT2D eigenvalue weighted by molar-refractivity contribution is 6.70. The van der Waals surface area contributed by atoms with E-state index in [1.807, 2.05) is 24.3 Å². The fraction of sp³-hybridized carbons (Fsp3) is 0.222. The molecule has 1 aromatic rings. The van der Waals surface area contributed by atoms with E-state index in [2.05, 4.69) is 19.2 Å². The molecule has 55 valence electrons. The Labute approximate surface area is 68.9 Å². The third kappa shape index (κ3) is 1.92. The van der Waals surface area contributed by atoms with Crippen LogP contribution in [0.2, 0.25) is 13.1 Å². The van der Waals surface area contributed by atoms with Gasteiger partial charge in [-0.1, -0.05) is 30.4 Å². The predicted molar refractivity (Wildman–Crippen MR) is 48.3 cm³/mol. The van der Waals surface area contributed by atoms with Gasteiger partial charge in [-0.05, 0) is 12.1 Å². The summed E-state index contributed by atoms with van der Waals surface area (Å²) in [6.45, 7) is 4.48. The molecule has 1 aromatic carbocycles. The lowest BCUT2D eigenvalue weighted by molar-refractivity contribution is 1.49. The van der Waals surface area contributed by atoms with Gasteiger partial charge in [0.15, 0.2) is 0 Å². The fourth-order valence-electron chi connectivity index (χ4n) is 0.878. The maximum absolute atomic E-state index is 8.53. The molecule has 0 unspecified atom stereocenters. The van der Waals surface area contributed by atoms with Crippen molar-refractivity contribution < 1.29 is 0 Å². The molecule has 1 radical (unpaired) electrons. The summed E-state index contributed by atoms with van der Waals surface area (Å²) >= 11 is 0. The lowest BCUT2D eigenvalue weighted by Gasteiger charge is -2.01. The Bertz CT molecular complexity index is 269. The van der Waals surface area contributed by atoms with E-state index in [1.165, 1.54) is 5.19 Å². The number of nitrogens with zero attached hydrogens (tertiary/aromatic N) is 1. The molecule has 1 rings (SSSR count). The molecule has 0 aromatic heterocycles. The minimum atomic E-state index is -0.346. The Morgan fingerprint density at radius 2 is 1.73 bits per heavy atom. The van der Waals surface area contributed by atoms with Crippen molar-refractivity contribution in [1.82, 2.24) is 0 Å². The van der Waals surface area contributed by atoms with E-state index >= 15 is 0 Å². The van der Waals surface area contributed by atoms with Crippen LogP contribution in [0.25, 0.3) is 0 Å². The van der Waals surface area contributed by atoms with Crippen molar-refractivity contribution in [2.45, 2.75) is 13.1 Å². The van der Waals surface area contributed by atoms with Gasteiger partial charge in [0.2, 0.25) is 0 Å². The summed E-state index contributed by atoms with van der Waals surface area (Å²) < 4.78 is 0. The summed E-state index contributed by atoms with van der Waals surface area (Å²) in [6, 6.07) is 9.97. The SMILES string of the molecule is C[Si](C)c1ccc(C#N)cc1. The molecule has 0 aliphatic carbocycles. The van der Waals surface area contributed by atoms with E-state index in [-0.39, 0.29) is 8.80 Å². The average molecular weight is 160 g/mol. The first-order valence-corrected chi connectivity index (χ1v) is 6.04. The normalized spacial score (nSPS) is 9.64. The van der Waals surface area contributed by atoms with Gasteiger partial charge in [-0.3, -0.25) is 0 Å². The summed E-state index contributed by atoms with van der Waals surface area (Å²) in [5, 5.41) is 9.91. The monoisotopic (exact) mass is 160 g/mol. The lowest BCUT2D eigenvalue weighted by Crippen LogP contribution is -2.21. The zero-order valence-electron chi connectivity index (χ0n) is 6.76. The molecule has 0 saturated carbocycles. The summed E-state index contributed by atoms with van der Waals surface area (Å²) in [5.74, 6) is 0. The highest BCUT2D eigenvalue weighted by Crippen LogP contribution is 1.94. The standard InChI is InChI=1S/C9H10NSi/c1-11(2)9-5-3-8(7-10)4-6-9/h3-6H,1-2H3. The highest BCUT2D eigenvalue weighted by atomic mass is 28.3. The van der Waals surface area contributed by atoms with Crippen LogP contribution < -0.4 is 5.19 Å². The van der Waals surface area contributed by atoms with Crippen molar-refractivity contribution in [1.29, 1.82) is 5.26 Å². The predicted octanol–water partition coefficient (Wildman–Crippen LogP) is 1.52. The third-order valence-corrected chi connectivity index (χ3v) is 3.08. The molecule has 0 fully saturated rings. The number of rotatable bonds is 1. The summed E-state index contributed by atoms with van der Waals surface area (Å²) in [4.78, 5) is 0. The Morgan fingerprint density at radius 1 is 1.18 bits per heavy atom. The smallest absolute Gasteiger partial charge is 0.0991 e. The topological polar surface area (TPSA) is 23.8 Å². The molecule has 0 atom stereocenters. The van der Waals surface area contributed by atoms with Gasteiger partial charge in [-0.25, -0.2) is 0 Å². The zero-order valence-corrected chi connectivity index (χ0v) is 7.76. The van der Waals surface area contributed by atoms with Gasteiger partial charge in [0, 0.05) is 0 Å². The van der Waals surface area contributed by atoms with Crippen molar-refractivity contribution in [2.75, 3.05) is 0 Å². The van der Waals surface area contributed by atoms with Crippen LogP contribution in [0.15, 0.2) is 24.3 Å². The van der Waals surface area contributed by atoms with E-state index in [4.69, 9.17) is 5.26 Å². The van der Waals surface area contributed by atoms with Crippen molar-refractivity contribution in [3.63, 3.8) is 0 Å². The highest BCUT2D eigenvalue weighted by Gasteiger charge is 1.98. The molecular formula is C9H10NSi. The first-order chi connectivity index (χ1) is 5.24. The summed E-state index contributed by atoms with van der Waals surface area (Å²) in [5.41, 5.74) is 0.747. The Hall–Kier alpha value is -1.07. The number of nitriles is 1. The van der Waals surface area contributed by atoms with Gasteiger partial charge < -0.3 is 0 Å². The van der Waals surface area contributed by atoms with Crippen LogP contribution in [0.1, 0.15) is 5.56 Å². The number of benzene rings is 1. The second kappa shape index (κ2) is 3.36. The molecule has 2 heteroatoms. The largest absolute Gasteiger partial charge is 0.192 e. The van der Waals surface area contributed by atoms with Crippen LogP contribution in [-0.4, -0.2) is 8.80 Å². The zero-order chi connectivity index (χ0) is 8.27. The van der Waals surface area contributed by atoms with E-state index in [0.717, 1.165) is 5.56 Å². The van der Waals surface area contributed by atoms with Gasteiger partial charge >= 0.3 is 0 Å². The minimum absolute atomic E-state index is 0.346. The van der Waals surface area contributed by atoms with E-state index in [1.54, 1.807) is 0 Å². The first-order valence-electron chi connectivity index (χ1n) is 3.54. The summed E-state index contributed by atoms with van der Waals surface area (Å²) in [6.07, 6.45) is 0. The average Bonchev–Trinajstić information content (AvgIpc) is 2.05. The van der Waals surface area contributed by atoms with Crippen LogP contribution >= 0.6 is 0 Å². The Morgan fingerprint density at radius 3 is 2.09 bits per heavy atom. The molecule has 0 N–H and O–H groups in total. The maximum atomic E-state index is 8.53. The van der Waals surface area contributed by atoms with Crippen LogP contribution in [0.3, 0.4) is 0 Å². The van der Waals surface area contributed by atoms with Crippen molar-refractivity contribution in [2.24, 2.45) is 0 Å². The van der Waals surface area contributed by atoms with Crippen molar-refractivity contribution in [3.05, 3.63) is 29.8 Å². The Kier molecular flexibility index (Phi) is 2.45. The quantitative estimate of drug-likeness (QED) is 0.571.